The first kappa shape index (κ1) is 23.0. The van der Waals surface area contributed by atoms with Crippen LogP contribution >= 0.6 is 0 Å². The lowest BCUT2D eigenvalue weighted by molar-refractivity contribution is 0.0741. The molecule has 0 N–H and O–H groups in total. The van der Waals surface area contributed by atoms with Crippen LogP contribution in [0.2, 0.25) is 0 Å². The van der Waals surface area contributed by atoms with E-state index in [1.165, 1.54) is 30.3 Å². The van der Waals surface area contributed by atoms with Crippen LogP contribution in [0.15, 0.2) is 35.2 Å². The van der Waals surface area contributed by atoms with Crippen molar-refractivity contribution < 1.29 is 26.7 Å². The number of piperazine rings is 1. The van der Waals surface area contributed by atoms with Gasteiger partial charge in [0.15, 0.2) is 21.5 Å². The molecule has 1 aliphatic carbocycles. The van der Waals surface area contributed by atoms with E-state index in [0.29, 0.717) is 18.3 Å². The van der Waals surface area contributed by atoms with Crippen LogP contribution in [0.25, 0.3) is 0 Å². The summed E-state index contributed by atoms with van der Waals surface area (Å²) in [6.45, 7) is 1.42. The van der Waals surface area contributed by atoms with E-state index in [1.54, 1.807) is 15.9 Å². The van der Waals surface area contributed by atoms with Crippen molar-refractivity contribution >= 4 is 21.4 Å². The molecule has 1 amide bonds. The Balaban J connectivity index is 1.52. The summed E-state index contributed by atoms with van der Waals surface area (Å²) in [7, 11) is -3.52. The van der Waals surface area contributed by atoms with Gasteiger partial charge in [0.25, 0.3) is 5.91 Å². The fourth-order valence-electron chi connectivity index (χ4n) is 3.72. The molecule has 0 bridgehead atoms. The highest BCUT2D eigenvalue weighted by molar-refractivity contribution is 7.90. The van der Waals surface area contributed by atoms with E-state index in [0.717, 1.165) is 19.1 Å². The van der Waals surface area contributed by atoms with Crippen molar-refractivity contribution in [2.45, 2.75) is 17.7 Å². The average molecular weight is 476 g/mol. The number of rotatable bonds is 6. The third-order valence-corrected chi connectivity index (χ3v) is 6.98. The van der Waals surface area contributed by atoms with Crippen molar-refractivity contribution in [1.29, 1.82) is 5.26 Å². The number of anilines is 1. The summed E-state index contributed by atoms with van der Waals surface area (Å²) in [5.74, 6) is -1.87. The van der Waals surface area contributed by atoms with E-state index in [2.05, 4.69) is 0 Å². The molecule has 2 aromatic carbocycles. The molecule has 1 saturated carbocycles. The van der Waals surface area contributed by atoms with Crippen LogP contribution in [0.4, 0.5) is 14.5 Å². The highest BCUT2D eigenvalue weighted by Gasteiger charge is 2.29. The Morgan fingerprint density at radius 1 is 1.12 bits per heavy atom. The maximum atomic E-state index is 14.4. The van der Waals surface area contributed by atoms with Crippen LogP contribution in [0.5, 0.6) is 5.75 Å². The molecule has 1 saturated heterocycles. The largest absolute Gasteiger partial charge is 0.492 e. The highest BCUT2D eigenvalue weighted by Crippen LogP contribution is 2.32. The van der Waals surface area contributed by atoms with E-state index < -0.39 is 21.5 Å². The third kappa shape index (κ3) is 4.93. The molecule has 1 aliphatic heterocycles. The van der Waals surface area contributed by atoms with Crippen LogP contribution in [-0.2, 0) is 9.84 Å². The quantitative estimate of drug-likeness (QED) is 0.638. The number of hydrogen-bond donors (Lipinski definition) is 0. The van der Waals surface area contributed by atoms with Crippen LogP contribution < -0.4 is 9.64 Å². The molecule has 10 heteroatoms. The number of nitriles is 1. The lowest BCUT2D eigenvalue weighted by Crippen LogP contribution is -2.49. The second-order valence-electron chi connectivity index (χ2n) is 8.34. The summed E-state index contributed by atoms with van der Waals surface area (Å²) in [6.07, 6.45) is 3.21. The zero-order chi connectivity index (χ0) is 23.8. The van der Waals surface area contributed by atoms with E-state index in [-0.39, 0.29) is 53.8 Å². The molecule has 0 aromatic heterocycles. The molecule has 0 spiro atoms. The second-order valence-corrected chi connectivity index (χ2v) is 10.4. The van der Waals surface area contributed by atoms with Crippen molar-refractivity contribution in [3.05, 3.63) is 53.1 Å². The average Bonchev–Trinajstić information content (AvgIpc) is 3.63. The lowest BCUT2D eigenvalue weighted by Gasteiger charge is -2.36. The van der Waals surface area contributed by atoms with Crippen LogP contribution in [0.3, 0.4) is 0 Å². The summed E-state index contributed by atoms with van der Waals surface area (Å²) >= 11 is 0. The summed E-state index contributed by atoms with van der Waals surface area (Å²) in [4.78, 5) is 16.4. The molecular formula is C23H23F2N3O4S. The molecule has 0 atom stereocenters. The number of sulfone groups is 1. The van der Waals surface area contributed by atoms with Crippen molar-refractivity contribution in [3.63, 3.8) is 0 Å². The lowest BCUT2D eigenvalue weighted by atomic mass is 10.1. The molecular weight excluding hydrogens is 452 g/mol. The monoisotopic (exact) mass is 475 g/mol. The summed E-state index contributed by atoms with van der Waals surface area (Å²) in [6, 6.07) is 8.46. The summed E-state index contributed by atoms with van der Waals surface area (Å²) in [5, 5.41) is 8.85. The number of amides is 1. The first-order chi connectivity index (χ1) is 15.7. The number of halogens is 2. The van der Waals surface area contributed by atoms with Gasteiger partial charge < -0.3 is 14.5 Å². The Morgan fingerprint density at radius 3 is 2.42 bits per heavy atom. The number of carbonyl (C=O) groups is 1. The second kappa shape index (κ2) is 8.98. The fourth-order valence-corrected chi connectivity index (χ4v) is 4.36. The maximum Gasteiger partial charge on any atom is 0.257 e. The number of hydrogen-bond acceptors (Lipinski definition) is 6. The molecule has 1 heterocycles. The van der Waals surface area contributed by atoms with E-state index in [4.69, 9.17) is 10.00 Å². The van der Waals surface area contributed by atoms with Gasteiger partial charge in [-0.05, 0) is 49.1 Å². The van der Waals surface area contributed by atoms with Gasteiger partial charge in [-0.25, -0.2) is 17.2 Å². The topological polar surface area (TPSA) is 90.7 Å². The third-order valence-electron chi connectivity index (χ3n) is 5.87. The molecule has 174 valence electrons. The van der Waals surface area contributed by atoms with Crippen LogP contribution in [0, 0.1) is 28.9 Å². The van der Waals surface area contributed by atoms with Gasteiger partial charge in [0, 0.05) is 32.4 Å². The zero-order valence-corrected chi connectivity index (χ0v) is 18.9. The molecule has 33 heavy (non-hydrogen) atoms. The molecule has 2 aromatic rings. The van der Waals surface area contributed by atoms with Crippen LogP contribution in [0.1, 0.15) is 28.8 Å². The first-order valence-corrected chi connectivity index (χ1v) is 12.5. The predicted octanol–water partition coefficient (Wildman–Crippen LogP) is 2.99. The molecule has 7 nitrogen and oxygen atoms in total. The van der Waals surface area contributed by atoms with Gasteiger partial charge in [0.05, 0.1) is 28.3 Å². The molecule has 2 fully saturated rings. The standard InChI is InChI=1S/C23H23F2N3O4S/c1-33(30,31)17-5-7-20(32-14-15-2-3-15)18(12-17)23(29)28-10-8-27(9-11-28)19-6-4-16(13-26)21(24)22(19)25/h4-7,12,15H,2-3,8-11,14H2,1H3. The summed E-state index contributed by atoms with van der Waals surface area (Å²) < 4.78 is 58.2. The van der Waals surface area contributed by atoms with Gasteiger partial charge in [0.2, 0.25) is 0 Å². The minimum absolute atomic E-state index is 0.0263. The smallest absolute Gasteiger partial charge is 0.257 e. The minimum atomic E-state index is -3.52. The van der Waals surface area contributed by atoms with Crippen molar-refractivity contribution in [2.75, 3.05) is 43.9 Å². The van der Waals surface area contributed by atoms with Crippen molar-refractivity contribution in [2.24, 2.45) is 5.92 Å². The Morgan fingerprint density at radius 2 is 1.82 bits per heavy atom. The number of carbonyl (C=O) groups excluding carboxylic acids is 1. The van der Waals surface area contributed by atoms with Gasteiger partial charge in [0.1, 0.15) is 11.8 Å². The number of benzene rings is 2. The van der Waals surface area contributed by atoms with E-state index >= 15 is 0 Å². The normalized spacial score (nSPS) is 16.4. The predicted molar refractivity (Wildman–Crippen MR) is 117 cm³/mol. The maximum absolute atomic E-state index is 14.4. The van der Waals surface area contributed by atoms with Gasteiger partial charge in [-0.1, -0.05) is 0 Å². The molecule has 2 aliphatic rings. The van der Waals surface area contributed by atoms with E-state index in [9.17, 15) is 22.0 Å². The summed E-state index contributed by atoms with van der Waals surface area (Å²) in [5.41, 5.74) is -0.164. The van der Waals surface area contributed by atoms with Gasteiger partial charge >= 0.3 is 0 Å². The Labute approximate surface area is 191 Å². The molecule has 4 rings (SSSR count). The molecule has 0 unspecified atom stereocenters. The van der Waals surface area contributed by atoms with E-state index in [1.807, 2.05) is 0 Å². The zero-order valence-electron chi connectivity index (χ0n) is 18.1. The van der Waals surface area contributed by atoms with Crippen molar-refractivity contribution in [1.82, 2.24) is 4.90 Å². The van der Waals surface area contributed by atoms with Crippen LogP contribution in [-0.4, -0.2) is 58.3 Å². The first-order valence-electron chi connectivity index (χ1n) is 10.6. The minimum Gasteiger partial charge on any atom is -0.492 e. The highest BCUT2D eigenvalue weighted by atomic mass is 32.2. The SMILES string of the molecule is CS(=O)(=O)c1ccc(OCC2CC2)c(C(=O)N2CCN(c3ccc(C#N)c(F)c3F)CC2)c1. The van der Waals surface area contributed by atoms with Crippen molar-refractivity contribution in [3.8, 4) is 11.8 Å². The van der Waals surface area contributed by atoms with Gasteiger partial charge in [-0.2, -0.15) is 5.26 Å². The van der Waals surface area contributed by atoms with Gasteiger partial charge in [-0.3, -0.25) is 4.79 Å². The Hall–Kier alpha value is -3.19. The fraction of sp³-hybridized carbons (Fsp3) is 0.391. The molecule has 0 radical (unpaired) electrons. The van der Waals surface area contributed by atoms with Gasteiger partial charge in [-0.15, -0.1) is 0 Å². The Kier molecular flexibility index (Phi) is 6.26. The number of ether oxygens (including phenoxy) is 1. The number of nitrogens with zero attached hydrogens (tertiary/aromatic N) is 3. The Bertz CT molecular complexity index is 1230.